The van der Waals surface area contributed by atoms with Crippen molar-refractivity contribution in [2.45, 2.75) is 32.9 Å². The van der Waals surface area contributed by atoms with E-state index in [1.807, 2.05) is 29.9 Å². The van der Waals surface area contributed by atoms with E-state index in [1.165, 1.54) is 6.07 Å². The molecule has 2 aromatic rings. The molecular weight excluding hydrogens is 241 g/mol. The van der Waals surface area contributed by atoms with Gasteiger partial charge in [0.2, 0.25) is 0 Å². The van der Waals surface area contributed by atoms with Crippen molar-refractivity contribution in [2.75, 3.05) is 7.05 Å². The minimum Gasteiger partial charge on any atom is -0.313 e. The molecule has 0 aliphatic rings. The number of nitrogens with one attached hydrogen (secondary N) is 1. The Morgan fingerprint density at radius 1 is 1.37 bits per heavy atom. The van der Waals surface area contributed by atoms with Gasteiger partial charge >= 0.3 is 0 Å². The van der Waals surface area contributed by atoms with Gasteiger partial charge < -0.3 is 5.32 Å². The molecule has 19 heavy (non-hydrogen) atoms. The Morgan fingerprint density at radius 3 is 2.84 bits per heavy atom. The first-order valence-electron chi connectivity index (χ1n) is 6.66. The van der Waals surface area contributed by atoms with Gasteiger partial charge in [-0.15, -0.1) is 0 Å². The summed E-state index contributed by atoms with van der Waals surface area (Å²) in [6.07, 6.45) is 2.70. The molecule has 0 saturated heterocycles. The minimum atomic E-state index is -0.204. The molecule has 0 radical (unpaired) electrons. The number of hydrogen-bond donors (Lipinski definition) is 1. The van der Waals surface area contributed by atoms with Crippen LogP contribution in [0.4, 0.5) is 4.39 Å². The van der Waals surface area contributed by atoms with Gasteiger partial charge in [0.1, 0.15) is 5.82 Å². The highest BCUT2D eigenvalue weighted by molar-refractivity contribution is 5.61. The smallest absolute Gasteiger partial charge is 0.132 e. The second kappa shape index (κ2) is 5.97. The number of aryl methyl sites for hydroxylation is 1. The predicted molar refractivity (Wildman–Crippen MR) is 75.4 cm³/mol. The van der Waals surface area contributed by atoms with Crippen LogP contribution >= 0.6 is 0 Å². The van der Waals surface area contributed by atoms with Gasteiger partial charge in [0.05, 0.1) is 5.69 Å². The van der Waals surface area contributed by atoms with E-state index < -0.39 is 0 Å². The number of rotatable bonds is 5. The summed E-state index contributed by atoms with van der Waals surface area (Å²) in [6, 6.07) is 7.31. The van der Waals surface area contributed by atoms with Crippen molar-refractivity contribution in [1.29, 1.82) is 0 Å². The summed E-state index contributed by atoms with van der Waals surface area (Å²) in [4.78, 5) is 0. The maximum Gasteiger partial charge on any atom is 0.132 e. The van der Waals surface area contributed by atoms with Crippen LogP contribution in [0, 0.1) is 5.82 Å². The third kappa shape index (κ3) is 2.84. The van der Waals surface area contributed by atoms with Crippen LogP contribution in [0.15, 0.2) is 30.5 Å². The summed E-state index contributed by atoms with van der Waals surface area (Å²) >= 11 is 0. The van der Waals surface area contributed by atoms with Crippen molar-refractivity contribution < 1.29 is 4.39 Å². The zero-order valence-electron chi connectivity index (χ0n) is 11.7. The summed E-state index contributed by atoms with van der Waals surface area (Å²) in [5.74, 6) is -0.204. The topological polar surface area (TPSA) is 29.9 Å². The molecule has 1 aromatic carbocycles. The van der Waals surface area contributed by atoms with E-state index in [2.05, 4.69) is 24.3 Å². The molecular formula is C15H20FN3. The molecule has 4 heteroatoms. The Labute approximate surface area is 113 Å². The van der Waals surface area contributed by atoms with E-state index >= 15 is 0 Å². The fourth-order valence-corrected chi connectivity index (χ4v) is 2.13. The molecule has 1 heterocycles. The Bertz CT molecular complexity index is 548. The molecule has 0 fully saturated rings. The van der Waals surface area contributed by atoms with Gasteiger partial charge in [-0.3, -0.25) is 4.68 Å². The minimum absolute atomic E-state index is 0.196. The highest BCUT2D eigenvalue weighted by atomic mass is 19.1. The Hall–Kier alpha value is -1.68. The van der Waals surface area contributed by atoms with E-state index in [-0.39, 0.29) is 11.9 Å². The largest absolute Gasteiger partial charge is 0.313 e. The Balaban J connectivity index is 2.45. The fraction of sp³-hybridized carbons (Fsp3) is 0.400. The zero-order chi connectivity index (χ0) is 13.8. The van der Waals surface area contributed by atoms with Crippen LogP contribution in [-0.4, -0.2) is 16.8 Å². The number of aromatic nitrogens is 2. The lowest BCUT2D eigenvalue weighted by atomic mass is 10.0. The van der Waals surface area contributed by atoms with E-state index in [0.29, 0.717) is 5.56 Å². The van der Waals surface area contributed by atoms with Crippen LogP contribution in [0.5, 0.6) is 0 Å². The second-order valence-electron chi connectivity index (χ2n) is 4.69. The molecule has 1 N–H and O–H groups in total. The summed E-state index contributed by atoms with van der Waals surface area (Å²) in [5.41, 5.74) is 2.53. The van der Waals surface area contributed by atoms with Gasteiger partial charge in [-0.2, -0.15) is 5.10 Å². The third-order valence-electron chi connectivity index (χ3n) is 3.35. The van der Waals surface area contributed by atoms with Crippen LogP contribution in [0.2, 0.25) is 0 Å². The molecule has 0 amide bonds. The van der Waals surface area contributed by atoms with Crippen molar-refractivity contribution >= 4 is 0 Å². The van der Waals surface area contributed by atoms with E-state index in [9.17, 15) is 4.39 Å². The van der Waals surface area contributed by atoms with Gasteiger partial charge in [-0.25, -0.2) is 4.39 Å². The monoisotopic (exact) mass is 261 g/mol. The lowest BCUT2D eigenvalue weighted by Gasteiger charge is -2.13. The molecule has 0 aliphatic carbocycles. The molecule has 1 atom stereocenters. The zero-order valence-corrected chi connectivity index (χ0v) is 11.7. The number of benzene rings is 1. The van der Waals surface area contributed by atoms with Crippen molar-refractivity contribution in [3.63, 3.8) is 0 Å². The van der Waals surface area contributed by atoms with Gasteiger partial charge in [-0.05, 0) is 44.2 Å². The quantitative estimate of drug-likeness (QED) is 0.894. The molecule has 2 rings (SSSR count). The van der Waals surface area contributed by atoms with Crippen LogP contribution < -0.4 is 5.32 Å². The summed E-state index contributed by atoms with van der Waals surface area (Å²) in [7, 11) is 1.90. The normalized spacial score (nSPS) is 12.6. The Kier molecular flexibility index (Phi) is 4.32. The highest BCUT2D eigenvalue weighted by Crippen LogP contribution is 2.26. The molecule has 0 spiro atoms. The number of halogens is 1. The van der Waals surface area contributed by atoms with Crippen molar-refractivity contribution in [3.05, 3.63) is 41.8 Å². The van der Waals surface area contributed by atoms with Crippen LogP contribution in [0.1, 0.15) is 31.9 Å². The third-order valence-corrected chi connectivity index (χ3v) is 3.35. The number of hydrogen-bond acceptors (Lipinski definition) is 2. The van der Waals surface area contributed by atoms with Crippen LogP contribution in [-0.2, 0) is 6.54 Å². The molecule has 0 aliphatic heterocycles. The lowest BCUT2D eigenvalue weighted by molar-refractivity contribution is 0.595. The average Bonchev–Trinajstić information content (AvgIpc) is 2.87. The first kappa shape index (κ1) is 13.7. The number of nitrogens with zero attached hydrogens (tertiary/aromatic N) is 2. The van der Waals surface area contributed by atoms with Gasteiger partial charge in [0.25, 0.3) is 0 Å². The maximum atomic E-state index is 14.1. The van der Waals surface area contributed by atoms with Crippen LogP contribution in [0.3, 0.4) is 0 Å². The molecule has 102 valence electrons. The van der Waals surface area contributed by atoms with Crippen molar-refractivity contribution in [2.24, 2.45) is 0 Å². The van der Waals surface area contributed by atoms with Gasteiger partial charge in [0, 0.05) is 24.3 Å². The van der Waals surface area contributed by atoms with Gasteiger partial charge in [-0.1, -0.05) is 13.0 Å². The molecule has 0 bridgehead atoms. The molecule has 0 saturated carbocycles. The van der Waals surface area contributed by atoms with E-state index in [1.54, 1.807) is 6.20 Å². The summed E-state index contributed by atoms with van der Waals surface area (Å²) in [5, 5.41) is 7.42. The summed E-state index contributed by atoms with van der Waals surface area (Å²) < 4.78 is 15.9. The van der Waals surface area contributed by atoms with E-state index in [0.717, 1.165) is 24.2 Å². The lowest BCUT2D eigenvalue weighted by Crippen LogP contribution is -2.12. The molecule has 3 nitrogen and oxygen atoms in total. The first-order chi connectivity index (χ1) is 9.17. The van der Waals surface area contributed by atoms with Gasteiger partial charge in [0.15, 0.2) is 0 Å². The fourth-order valence-electron chi connectivity index (χ4n) is 2.13. The van der Waals surface area contributed by atoms with Crippen molar-refractivity contribution in [1.82, 2.24) is 15.1 Å². The maximum absolute atomic E-state index is 14.1. The van der Waals surface area contributed by atoms with E-state index in [4.69, 9.17) is 0 Å². The highest BCUT2D eigenvalue weighted by Gasteiger charge is 2.13. The average molecular weight is 261 g/mol. The van der Waals surface area contributed by atoms with Crippen molar-refractivity contribution in [3.8, 4) is 11.3 Å². The molecule has 1 aromatic heterocycles. The summed E-state index contributed by atoms with van der Waals surface area (Å²) in [6.45, 7) is 4.94. The SMILES string of the molecule is CCCn1nccc1-c1cc(C(C)NC)ccc1F. The predicted octanol–water partition coefficient (Wildman–Crippen LogP) is 3.38. The standard InChI is InChI=1S/C15H20FN3/c1-4-9-19-15(7-8-18-19)13-10-12(11(2)17-3)5-6-14(13)16/h5-8,10-11,17H,4,9H2,1-3H3. The van der Waals surface area contributed by atoms with Crippen LogP contribution in [0.25, 0.3) is 11.3 Å². The first-order valence-corrected chi connectivity index (χ1v) is 6.66. The Morgan fingerprint density at radius 2 is 2.16 bits per heavy atom. The second-order valence-corrected chi connectivity index (χ2v) is 4.69. The molecule has 1 unspecified atom stereocenters.